The first kappa shape index (κ1) is 15.8. The number of aromatic nitrogens is 1. The molecule has 3 N–H and O–H groups in total. The number of rotatable bonds is 9. The zero-order chi connectivity index (χ0) is 14.1. The molecule has 1 aromatic heterocycles. The van der Waals surface area contributed by atoms with E-state index >= 15 is 0 Å². The van der Waals surface area contributed by atoms with Gasteiger partial charge in [-0.15, -0.1) is 0 Å². The highest BCUT2D eigenvalue weighted by Gasteiger charge is 2.14. The standard InChI is InChI=1S/C13H24N4O2/c1-11(10-19-3)17(7-8-18-2)9-12-5-4-6-13(15-12)16-14/h4-6,11H,7-10,14H2,1-3H3,(H,15,16). The zero-order valence-electron chi connectivity index (χ0n) is 11.9. The minimum atomic E-state index is 0.302. The van der Waals surface area contributed by atoms with Crippen molar-refractivity contribution in [3.8, 4) is 0 Å². The molecule has 1 atom stereocenters. The summed E-state index contributed by atoms with van der Waals surface area (Å²) in [4.78, 5) is 6.70. The molecule has 108 valence electrons. The number of hydrogen-bond donors (Lipinski definition) is 2. The zero-order valence-corrected chi connectivity index (χ0v) is 11.9. The van der Waals surface area contributed by atoms with E-state index in [0.717, 1.165) is 18.8 Å². The molecule has 0 fully saturated rings. The van der Waals surface area contributed by atoms with Crippen molar-refractivity contribution in [3.63, 3.8) is 0 Å². The van der Waals surface area contributed by atoms with Gasteiger partial charge >= 0.3 is 0 Å². The van der Waals surface area contributed by atoms with Crippen molar-refractivity contribution in [2.24, 2.45) is 5.84 Å². The van der Waals surface area contributed by atoms with Crippen molar-refractivity contribution in [2.75, 3.05) is 39.4 Å². The summed E-state index contributed by atoms with van der Waals surface area (Å²) in [5.41, 5.74) is 3.53. The maximum Gasteiger partial charge on any atom is 0.140 e. The van der Waals surface area contributed by atoms with Gasteiger partial charge in [-0.1, -0.05) is 6.07 Å². The Morgan fingerprint density at radius 1 is 1.37 bits per heavy atom. The minimum Gasteiger partial charge on any atom is -0.383 e. The first-order valence-corrected chi connectivity index (χ1v) is 6.35. The Labute approximate surface area is 114 Å². The van der Waals surface area contributed by atoms with Crippen molar-refractivity contribution in [1.29, 1.82) is 0 Å². The monoisotopic (exact) mass is 268 g/mol. The van der Waals surface area contributed by atoms with Crippen LogP contribution in [0.3, 0.4) is 0 Å². The molecule has 1 rings (SSSR count). The molecule has 1 unspecified atom stereocenters. The fourth-order valence-corrected chi connectivity index (χ4v) is 1.87. The number of nitrogens with zero attached hydrogens (tertiary/aromatic N) is 2. The summed E-state index contributed by atoms with van der Waals surface area (Å²) < 4.78 is 10.4. The van der Waals surface area contributed by atoms with Crippen LogP contribution >= 0.6 is 0 Å². The fourth-order valence-electron chi connectivity index (χ4n) is 1.87. The molecule has 0 bridgehead atoms. The Morgan fingerprint density at radius 3 is 2.79 bits per heavy atom. The van der Waals surface area contributed by atoms with Crippen LogP contribution in [0.15, 0.2) is 18.2 Å². The minimum absolute atomic E-state index is 0.302. The Hall–Kier alpha value is -1.21. The Kier molecular flexibility index (Phi) is 7.35. The number of nitrogens with two attached hydrogens (primary N) is 1. The number of anilines is 1. The van der Waals surface area contributed by atoms with Crippen LogP contribution in [-0.4, -0.2) is 49.9 Å². The maximum atomic E-state index is 5.37. The van der Waals surface area contributed by atoms with Crippen LogP contribution < -0.4 is 11.3 Å². The van der Waals surface area contributed by atoms with E-state index in [-0.39, 0.29) is 0 Å². The number of hydrazine groups is 1. The van der Waals surface area contributed by atoms with E-state index < -0.39 is 0 Å². The highest BCUT2D eigenvalue weighted by Crippen LogP contribution is 2.09. The van der Waals surface area contributed by atoms with Gasteiger partial charge in [0.1, 0.15) is 5.82 Å². The van der Waals surface area contributed by atoms with E-state index in [0.29, 0.717) is 25.1 Å². The lowest BCUT2D eigenvalue weighted by molar-refractivity contribution is 0.0698. The third-order valence-corrected chi connectivity index (χ3v) is 2.93. The van der Waals surface area contributed by atoms with Gasteiger partial charge < -0.3 is 14.9 Å². The summed E-state index contributed by atoms with van der Waals surface area (Å²) in [6.45, 7) is 5.07. The van der Waals surface area contributed by atoms with E-state index in [1.54, 1.807) is 14.2 Å². The number of pyridine rings is 1. The lowest BCUT2D eigenvalue weighted by atomic mass is 10.2. The Morgan fingerprint density at radius 2 is 2.16 bits per heavy atom. The van der Waals surface area contributed by atoms with Gasteiger partial charge in [0.05, 0.1) is 18.9 Å². The number of nitrogens with one attached hydrogen (secondary N) is 1. The van der Waals surface area contributed by atoms with Crippen molar-refractivity contribution in [1.82, 2.24) is 9.88 Å². The Bertz CT molecular complexity index is 362. The first-order valence-electron chi connectivity index (χ1n) is 6.35. The smallest absolute Gasteiger partial charge is 0.140 e. The van der Waals surface area contributed by atoms with Crippen LogP contribution in [0, 0.1) is 0 Å². The number of nitrogen functional groups attached to an aromatic ring is 1. The summed E-state index contributed by atoms with van der Waals surface area (Å²) in [6.07, 6.45) is 0. The molecule has 0 saturated heterocycles. The molecule has 1 heterocycles. The maximum absolute atomic E-state index is 5.37. The number of methoxy groups -OCH3 is 2. The third-order valence-electron chi connectivity index (χ3n) is 2.93. The lowest BCUT2D eigenvalue weighted by Crippen LogP contribution is -2.38. The van der Waals surface area contributed by atoms with Gasteiger partial charge in [0.15, 0.2) is 0 Å². The van der Waals surface area contributed by atoms with Gasteiger partial charge in [0, 0.05) is 33.4 Å². The summed E-state index contributed by atoms with van der Waals surface area (Å²) in [7, 11) is 3.42. The molecule has 0 aliphatic rings. The van der Waals surface area contributed by atoms with Crippen molar-refractivity contribution in [2.45, 2.75) is 19.5 Å². The van der Waals surface area contributed by atoms with Gasteiger partial charge in [0.2, 0.25) is 0 Å². The van der Waals surface area contributed by atoms with Gasteiger partial charge in [-0.25, -0.2) is 10.8 Å². The SMILES string of the molecule is COCCN(Cc1cccc(NN)n1)C(C)COC. The average Bonchev–Trinajstić information content (AvgIpc) is 2.43. The summed E-state index contributed by atoms with van der Waals surface area (Å²) in [5, 5.41) is 0. The summed E-state index contributed by atoms with van der Waals surface area (Å²) in [5.74, 6) is 6.04. The van der Waals surface area contributed by atoms with Crippen LogP contribution in [0.1, 0.15) is 12.6 Å². The summed E-state index contributed by atoms with van der Waals surface area (Å²) >= 11 is 0. The summed E-state index contributed by atoms with van der Waals surface area (Å²) in [6, 6.07) is 6.06. The molecule has 0 aliphatic carbocycles. The average molecular weight is 268 g/mol. The van der Waals surface area contributed by atoms with Gasteiger partial charge in [0.25, 0.3) is 0 Å². The van der Waals surface area contributed by atoms with Crippen LogP contribution in [0.4, 0.5) is 5.82 Å². The molecular formula is C13H24N4O2. The van der Waals surface area contributed by atoms with E-state index in [9.17, 15) is 0 Å². The third kappa shape index (κ3) is 5.52. The predicted molar refractivity (Wildman–Crippen MR) is 75.7 cm³/mol. The molecule has 0 spiro atoms. The van der Waals surface area contributed by atoms with Crippen LogP contribution in [0.5, 0.6) is 0 Å². The highest BCUT2D eigenvalue weighted by atomic mass is 16.5. The molecule has 0 radical (unpaired) electrons. The second-order valence-corrected chi connectivity index (χ2v) is 4.43. The highest BCUT2D eigenvalue weighted by molar-refractivity contribution is 5.33. The molecule has 0 aromatic carbocycles. The second-order valence-electron chi connectivity index (χ2n) is 4.43. The first-order chi connectivity index (χ1) is 9.21. The quantitative estimate of drug-likeness (QED) is 0.511. The predicted octanol–water partition coefficient (Wildman–Crippen LogP) is 0.851. The molecular weight excluding hydrogens is 244 g/mol. The van der Waals surface area contributed by atoms with Crippen LogP contribution in [0.25, 0.3) is 0 Å². The second kappa shape index (κ2) is 8.82. The fraction of sp³-hybridized carbons (Fsp3) is 0.615. The molecule has 6 nitrogen and oxygen atoms in total. The van der Waals surface area contributed by atoms with E-state index in [1.165, 1.54) is 0 Å². The number of ether oxygens (including phenoxy) is 2. The molecule has 1 aromatic rings. The molecule has 6 heteroatoms. The lowest BCUT2D eigenvalue weighted by Gasteiger charge is -2.28. The number of hydrogen-bond acceptors (Lipinski definition) is 6. The van der Waals surface area contributed by atoms with Crippen molar-refractivity contribution < 1.29 is 9.47 Å². The van der Waals surface area contributed by atoms with Crippen molar-refractivity contribution >= 4 is 5.82 Å². The normalized spacial score (nSPS) is 12.7. The molecule has 0 amide bonds. The van der Waals surface area contributed by atoms with Gasteiger partial charge in [-0.05, 0) is 19.1 Å². The molecule has 0 saturated carbocycles. The van der Waals surface area contributed by atoms with E-state index in [2.05, 4.69) is 22.2 Å². The van der Waals surface area contributed by atoms with Crippen LogP contribution in [-0.2, 0) is 16.0 Å². The van der Waals surface area contributed by atoms with E-state index in [1.807, 2.05) is 18.2 Å². The van der Waals surface area contributed by atoms with Crippen LogP contribution in [0.2, 0.25) is 0 Å². The molecule has 0 aliphatic heterocycles. The Balaban J connectivity index is 2.68. The van der Waals surface area contributed by atoms with Gasteiger partial charge in [-0.2, -0.15) is 0 Å². The topological polar surface area (TPSA) is 72.6 Å². The molecule has 19 heavy (non-hydrogen) atoms. The van der Waals surface area contributed by atoms with Crippen molar-refractivity contribution in [3.05, 3.63) is 23.9 Å². The largest absolute Gasteiger partial charge is 0.383 e. The van der Waals surface area contributed by atoms with Gasteiger partial charge in [-0.3, -0.25) is 4.90 Å². The van der Waals surface area contributed by atoms with E-state index in [4.69, 9.17) is 15.3 Å².